The van der Waals surface area contributed by atoms with E-state index in [-0.39, 0.29) is 23.4 Å². The van der Waals surface area contributed by atoms with Gasteiger partial charge in [-0.15, -0.1) is 0 Å². The van der Waals surface area contributed by atoms with Crippen LogP contribution in [0.3, 0.4) is 0 Å². The van der Waals surface area contributed by atoms with Crippen LogP contribution in [-0.4, -0.2) is 70.3 Å². The summed E-state index contributed by atoms with van der Waals surface area (Å²) in [4.78, 5) is 35.2. The topological polar surface area (TPSA) is 56.8 Å². The highest BCUT2D eigenvalue weighted by Gasteiger charge is 2.37. The van der Waals surface area contributed by atoms with Gasteiger partial charge in [-0.1, -0.05) is 6.07 Å². The van der Waals surface area contributed by atoms with Crippen molar-refractivity contribution in [3.63, 3.8) is 0 Å². The number of carbonyl (C=O) groups is 2. The van der Waals surface area contributed by atoms with Crippen LogP contribution < -0.4 is 0 Å². The molecule has 0 bridgehead atoms. The fourth-order valence-electron chi connectivity index (χ4n) is 4.15. The van der Waals surface area contributed by atoms with Gasteiger partial charge in [-0.2, -0.15) is 13.2 Å². The highest BCUT2D eigenvalue weighted by molar-refractivity contribution is 5.94. The molecule has 164 valence electrons. The summed E-state index contributed by atoms with van der Waals surface area (Å²) < 4.78 is 38.1. The number of alkyl halides is 3. The van der Waals surface area contributed by atoms with E-state index in [9.17, 15) is 22.8 Å². The molecule has 2 fully saturated rings. The third kappa shape index (κ3) is 4.71. The van der Waals surface area contributed by atoms with Crippen LogP contribution in [0.5, 0.6) is 0 Å². The number of rotatable bonds is 4. The molecule has 2 aliphatic heterocycles. The summed E-state index contributed by atoms with van der Waals surface area (Å²) >= 11 is 0. The molecule has 4 rings (SSSR count). The van der Waals surface area contributed by atoms with Crippen molar-refractivity contribution >= 4 is 11.8 Å². The lowest BCUT2D eigenvalue weighted by Gasteiger charge is -2.37. The van der Waals surface area contributed by atoms with E-state index < -0.39 is 11.7 Å². The molecule has 0 saturated carbocycles. The second-order valence-electron chi connectivity index (χ2n) is 7.83. The Kier molecular flexibility index (Phi) is 5.95. The van der Waals surface area contributed by atoms with Crippen LogP contribution in [-0.2, 0) is 17.5 Å². The fraction of sp³-hybridized carbons (Fsp3) is 0.409. The number of halogens is 3. The van der Waals surface area contributed by atoms with E-state index in [0.29, 0.717) is 39.3 Å². The third-order valence-corrected chi connectivity index (χ3v) is 5.87. The molecular weight excluding hydrogens is 409 g/mol. The SMILES string of the molecule is O=C(c1ccc(C(F)(F)F)cc1)N1CCN(C2CCN(Cc3cccnc3)C2=O)CC1. The molecule has 1 aromatic heterocycles. The number of pyridine rings is 1. The van der Waals surface area contributed by atoms with Crippen molar-refractivity contribution in [3.8, 4) is 0 Å². The Labute approximate surface area is 178 Å². The van der Waals surface area contributed by atoms with Crippen LogP contribution in [0.1, 0.15) is 27.9 Å². The number of hydrogen-bond donors (Lipinski definition) is 0. The summed E-state index contributed by atoms with van der Waals surface area (Å²) in [5, 5.41) is 0. The molecule has 3 heterocycles. The second-order valence-corrected chi connectivity index (χ2v) is 7.83. The van der Waals surface area contributed by atoms with Crippen LogP contribution in [0.25, 0.3) is 0 Å². The summed E-state index contributed by atoms with van der Waals surface area (Å²) in [6, 6.07) is 7.89. The zero-order valence-corrected chi connectivity index (χ0v) is 16.9. The van der Waals surface area contributed by atoms with E-state index in [1.807, 2.05) is 17.0 Å². The van der Waals surface area contributed by atoms with Gasteiger partial charge in [-0.3, -0.25) is 19.5 Å². The van der Waals surface area contributed by atoms with E-state index in [1.165, 1.54) is 12.1 Å². The number of hydrogen-bond acceptors (Lipinski definition) is 4. The van der Waals surface area contributed by atoms with Crippen molar-refractivity contribution in [1.82, 2.24) is 19.7 Å². The number of nitrogens with zero attached hydrogens (tertiary/aromatic N) is 4. The normalized spacial score (nSPS) is 20.4. The number of benzene rings is 1. The molecular formula is C22H23F3N4O2. The van der Waals surface area contributed by atoms with Crippen molar-refractivity contribution in [1.29, 1.82) is 0 Å². The van der Waals surface area contributed by atoms with Crippen molar-refractivity contribution in [2.45, 2.75) is 25.2 Å². The van der Waals surface area contributed by atoms with Crippen LogP contribution in [0.2, 0.25) is 0 Å². The monoisotopic (exact) mass is 432 g/mol. The van der Waals surface area contributed by atoms with Crippen molar-refractivity contribution in [2.75, 3.05) is 32.7 Å². The molecule has 1 atom stereocenters. The molecule has 0 N–H and O–H groups in total. The average Bonchev–Trinajstić information content (AvgIpc) is 3.13. The number of aromatic nitrogens is 1. The molecule has 2 amide bonds. The zero-order chi connectivity index (χ0) is 22.0. The lowest BCUT2D eigenvalue weighted by Crippen LogP contribution is -2.53. The summed E-state index contributed by atoms with van der Waals surface area (Å²) in [6.07, 6.45) is -0.228. The Morgan fingerprint density at radius 3 is 2.35 bits per heavy atom. The first-order chi connectivity index (χ1) is 14.8. The Bertz CT molecular complexity index is 926. The molecule has 1 unspecified atom stereocenters. The summed E-state index contributed by atoms with van der Waals surface area (Å²) in [6.45, 7) is 3.21. The van der Waals surface area contributed by atoms with Gasteiger partial charge >= 0.3 is 6.18 Å². The lowest BCUT2D eigenvalue weighted by molar-refractivity contribution is -0.137. The Morgan fingerprint density at radius 2 is 1.74 bits per heavy atom. The third-order valence-electron chi connectivity index (χ3n) is 5.87. The molecule has 0 aliphatic carbocycles. The average molecular weight is 432 g/mol. The smallest absolute Gasteiger partial charge is 0.337 e. The van der Waals surface area contributed by atoms with Crippen LogP contribution >= 0.6 is 0 Å². The number of likely N-dealkylation sites (tertiary alicyclic amines) is 1. The molecule has 31 heavy (non-hydrogen) atoms. The highest BCUT2D eigenvalue weighted by Crippen LogP contribution is 2.29. The quantitative estimate of drug-likeness (QED) is 0.746. The first-order valence-corrected chi connectivity index (χ1v) is 10.2. The van der Waals surface area contributed by atoms with Crippen LogP contribution in [0.15, 0.2) is 48.8 Å². The lowest BCUT2D eigenvalue weighted by atomic mass is 10.1. The molecule has 6 nitrogen and oxygen atoms in total. The maximum absolute atomic E-state index is 12.9. The van der Waals surface area contributed by atoms with Gasteiger partial charge in [0.15, 0.2) is 0 Å². The number of piperazine rings is 1. The van der Waals surface area contributed by atoms with E-state index in [2.05, 4.69) is 9.88 Å². The van der Waals surface area contributed by atoms with E-state index in [0.717, 1.165) is 24.1 Å². The molecule has 2 saturated heterocycles. The summed E-state index contributed by atoms with van der Waals surface area (Å²) in [7, 11) is 0. The molecule has 9 heteroatoms. The largest absolute Gasteiger partial charge is 0.416 e. The molecule has 0 radical (unpaired) electrons. The highest BCUT2D eigenvalue weighted by atomic mass is 19.4. The van der Waals surface area contributed by atoms with E-state index in [1.54, 1.807) is 17.3 Å². The molecule has 1 aromatic carbocycles. The maximum Gasteiger partial charge on any atom is 0.416 e. The first kappa shape index (κ1) is 21.3. The van der Waals surface area contributed by atoms with Gasteiger partial charge in [0, 0.05) is 57.2 Å². The first-order valence-electron chi connectivity index (χ1n) is 10.2. The minimum atomic E-state index is -4.42. The van der Waals surface area contributed by atoms with Gasteiger partial charge < -0.3 is 9.80 Å². The molecule has 0 spiro atoms. The van der Waals surface area contributed by atoms with Crippen molar-refractivity contribution in [3.05, 3.63) is 65.5 Å². The summed E-state index contributed by atoms with van der Waals surface area (Å²) in [5.74, 6) is -0.198. The van der Waals surface area contributed by atoms with E-state index >= 15 is 0 Å². The fourth-order valence-corrected chi connectivity index (χ4v) is 4.15. The van der Waals surface area contributed by atoms with Crippen LogP contribution in [0.4, 0.5) is 13.2 Å². The van der Waals surface area contributed by atoms with Crippen molar-refractivity contribution < 1.29 is 22.8 Å². The van der Waals surface area contributed by atoms with Gasteiger partial charge in [-0.05, 0) is 42.3 Å². The Balaban J connectivity index is 1.31. The van der Waals surface area contributed by atoms with Gasteiger partial charge in [-0.25, -0.2) is 0 Å². The Hall–Kier alpha value is -2.94. The van der Waals surface area contributed by atoms with Gasteiger partial charge in [0.25, 0.3) is 5.91 Å². The second kappa shape index (κ2) is 8.66. The number of carbonyl (C=O) groups excluding carboxylic acids is 2. The molecule has 2 aliphatic rings. The van der Waals surface area contributed by atoms with E-state index in [4.69, 9.17) is 0 Å². The van der Waals surface area contributed by atoms with Gasteiger partial charge in [0.05, 0.1) is 11.6 Å². The van der Waals surface area contributed by atoms with Crippen molar-refractivity contribution in [2.24, 2.45) is 0 Å². The molecule has 2 aromatic rings. The Morgan fingerprint density at radius 1 is 1.03 bits per heavy atom. The zero-order valence-electron chi connectivity index (χ0n) is 16.9. The summed E-state index contributed by atoms with van der Waals surface area (Å²) in [5.41, 5.74) is 0.453. The minimum absolute atomic E-state index is 0.0892. The standard InChI is InChI=1S/C22H23F3N4O2/c23-22(24,25)18-5-3-17(4-6-18)20(30)28-12-10-27(11-13-28)19-7-9-29(21(19)31)15-16-2-1-8-26-14-16/h1-6,8,14,19H,7,9-13,15H2. The maximum atomic E-state index is 12.9. The number of amides is 2. The van der Waals surface area contributed by atoms with Gasteiger partial charge in [0.1, 0.15) is 0 Å². The van der Waals surface area contributed by atoms with Gasteiger partial charge in [0.2, 0.25) is 5.91 Å². The predicted octanol–water partition coefficient (Wildman–Crippen LogP) is 2.66. The predicted molar refractivity (Wildman–Crippen MR) is 107 cm³/mol. The minimum Gasteiger partial charge on any atom is -0.337 e. The van der Waals surface area contributed by atoms with Crippen LogP contribution in [0, 0.1) is 0 Å².